The predicted octanol–water partition coefficient (Wildman–Crippen LogP) is 2.76. The Morgan fingerprint density at radius 1 is 1.00 bits per heavy atom. The number of benzene rings is 1. The van der Waals surface area contributed by atoms with Gasteiger partial charge < -0.3 is 0 Å². The van der Waals surface area contributed by atoms with Crippen LogP contribution < -0.4 is 9.75 Å². The molecule has 0 saturated heterocycles. The van der Waals surface area contributed by atoms with Crippen LogP contribution in [0.5, 0.6) is 0 Å². The molecule has 93 valence electrons. The molecule has 0 saturated carbocycles. The van der Waals surface area contributed by atoms with Crippen LogP contribution in [-0.4, -0.2) is 8.80 Å². The van der Waals surface area contributed by atoms with E-state index in [1.807, 2.05) is 0 Å². The second-order valence-electron chi connectivity index (χ2n) is 5.18. The van der Waals surface area contributed by atoms with Crippen LogP contribution in [0.3, 0.4) is 0 Å². The molecule has 1 aromatic carbocycles. The van der Waals surface area contributed by atoms with Gasteiger partial charge in [0.1, 0.15) is 7.05 Å². The molecule has 0 aliphatic carbocycles. The lowest BCUT2D eigenvalue weighted by Gasteiger charge is -2.10. The van der Waals surface area contributed by atoms with Gasteiger partial charge >= 0.3 is 0 Å². The van der Waals surface area contributed by atoms with E-state index in [4.69, 9.17) is 0 Å². The quantitative estimate of drug-likeness (QED) is 0.574. The van der Waals surface area contributed by atoms with Gasteiger partial charge in [0.25, 0.3) is 0 Å². The van der Waals surface area contributed by atoms with E-state index >= 15 is 0 Å². The first-order valence-electron chi connectivity index (χ1n) is 6.37. The zero-order valence-electron chi connectivity index (χ0n) is 11.9. The maximum atomic E-state index is 2.35. The van der Waals surface area contributed by atoms with Gasteiger partial charge in [0.05, 0.1) is 8.80 Å². The molecule has 0 fully saturated rings. The fourth-order valence-corrected chi connectivity index (χ4v) is 3.71. The van der Waals surface area contributed by atoms with Crippen LogP contribution in [0, 0.1) is 13.8 Å². The number of hydrogen-bond donors (Lipinski definition) is 0. The van der Waals surface area contributed by atoms with Crippen LogP contribution in [0.15, 0.2) is 36.5 Å². The summed E-state index contributed by atoms with van der Waals surface area (Å²) in [6.07, 6.45) is 2.31. The van der Waals surface area contributed by atoms with Crippen molar-refractivity contribution in [3.05, 3.63) is 47.7 Å². The van der Waals surface area contributed by atoms with E-state index in [-0.39, 0.29) is 0 Å². The van der Waals surface area contributed by atoms with Gasteiger partial charge in [-0.25, -0.2) is 4.57 Å². The van der Waals surface area contributed by atoms with Crippen molar-refractivity contribution < 1.29 is 4.57 Å². The van der Waals surface area contributed by atoms with Crippen LogP contribution in [0.4, 0.5) is 0 Å². The van der Waals surface area contributed by atoms with Crippen molar-refractivity contribution in [1.29, 1.82) is 0 Å². The van der Waals surface area contributed by atoms with Crippen LogP contribution in [0.2, 0.25) is 13.1 Å². The minimum absolute atomic E-state index is 0.393. The smallest absolute Gasteiger partial charge is 0.201 e. The third-order valence-corrected chi connectivity index (χ3v) is 5.04. The van der Waals surface area contributed by atoms with E-state index < -0.39 is 8.80 Å². The minimum atomic E-state index is -0.393. The topological polar surface area (TPSA) is 3.88 Å². The van der Waals surface area contributed by atoms with E-state index in [0.29, 0.717) is 0 Å². The molecule has 0 amide bonds. The number of nitrogens with zero attached hydrogens (tertiary/aromatic N) is 1. The summed E-state index contributed by atoms with van der Waals surface area (Å²) < 4.78 is 2.27. The Balaban J connectivity index is 2.61. The minimum Gasteiger partial charge on any atom is -0.201 e. The van der Waals surface area contributed by atoms with Crippen molar-refractivity contribution in [2.24, 2.45) is 7.05 Å². The molecule has 0 spiro atoms. The molecular formula is C16H21NSi+. The van der Waals surface area contributed by atoms with Crippen LogP contribution in [0.1, 0.15) is 11.1 Å². The molecule has 1 radical (unpaired) electrons. The van der Waals surface area contributed by atoms with E-state index in [2.05, 4.69) is 75.1 Å². The van der Waals surface area contributed by atoms with Gasteiger partial charge in [0, 0.05) is 16.8 Å². The Bertz CT molecular complexity index is 573. The summed E-state index contributed by atoms with van der Waals surface area (Å²) in [5, 5.41) is 1.53. The fourth-order valence-electron chi connectivity index (χ4n) is 2.40. The van der Waals surface area contributed by atoms with Crippen molar-refractivity contribution in [2.45, 2.75) is 26.9 Å². The average Bonchev–Trinajstić information content (AvgIpc) is 2.32. The second kappa shape index (κ2) is 5.07. The van der Waals surface area contributed by atoms with Gasteiger partial charge in [-0.3, -0.25) is 0 Å². The summed E-state index contributed by atoms with van der Waals surface area (Å²) in [5.41, 5.74) is 5.39. The third kappa shape index (κ3) is 2.39. The molecule has 0 atom stereocenters. The molecule has 1 heterocycles. The molecule has 0 bridgehead atoms. The molecule has 2 heteroatoms. The zero-order valence-corrected chi connectivity index (χ0v) is 12.9. The van der Waals surface area contributed by atoms with E-state index in [1.165, 1.54) is 27.6 Å². The highest BCUT2D eigenvalue weighted by Crippen LogP contribution is 2.19. The highest BCUT2D eigenvalue weighted by atomic mass is 28.3. The van der Waals surface area contributed by atoms with E-state index in [1.54, 1.807) is 0 Å². The molecule has 1 nitrogen and oxygen atoms in total. The number of aryl methyl sites for hydroxylation is 3. The van der Waals surface area contributed by atoms with Crippen LogP contribution in [-0.2, 0) is 7.05 Å². The summed E-state index contributed by atoms with van der Waals surface area (Å²) in [5.74, 6) is 0. The Morgan fingerprint density at radius 3 is 2.28 bits per heavy atom. The maximum Gasteiger partial charge on any atom is 0.212 e. The number of hydrogen-bond acceptors (Lipinski definition) is 0. The fraction of sp³-hybridized carbons (Fsp3) is 0.312. The van der Waals surface area contributed by atoms with Gasteiger partial charge in [-0.2, -0.15) is 0 Å². The first-order valence-corrected chi connectivity index (χ1v) is 8.87. The molecule has 18 heavy (non-hydrogen) atoms. The third-order valence-electron chi connectivity index (χ3n) is 3.44. The van der Waals surface area contributed by atoms with Gasteiger partial charge in [0.15, 0.2) is 6.20 Å². The standard InChI is InChI=1S/C16H21NSi/c1-12-8-6-7-9-14(12)15-10-13(2)16(18(4)5)11-17(15)3/h6-11H,1-5H3/q+1. The monoisotopic (exact) mass is 255 g/mol. The summed E-state index contributed by atoms with van der Waals surface area (Å²) in [6, 6.07) is 10.9. The highest BCUT2D eigenvalue weighted by Gasteiger charge is 2.16. The first-order chi connectivity index (χ1) is 8.50. The predicted molar refractivity (Wildman–Crippen MR) is 79.6 cm³/mol. The Morgan fingerprint density at radius 2 is 1.67 bits per heavy atom. The van der Waals surface area contributed by atoms with E-state index in [9.17, 15) is 0 Å². The number of rotatable bonds is 2. The summed E-state index contributed by atoms with van der Waals surface area (Å²) in [6.45, 7) is 9.10. The van der Waals surface area contributed by atoms with Crippen molar-refractivity contribution in [2.75, 3.05) is 0 Å². The highest BCUT2D eigenvalue weighted by molar-refractivity contribution is 6.71. The van der Waals surface area contributed by atoms with Crippen molar-refractivity contribution in [3.63, 3.8) is 0 Å². The number of aromatic nitrogens is 1. The average molecular weight is 255 g/mol. The largest absolute Gasteiger partial charge is 0.212 e. The molecule has 2 aromatic rings. The SMILES string of the molecule is Cc1ccccc1-c1cc(C)c([Si](C)C)c[n+]1C. The molecular weight excluding hydrogens is 234 g/mol. The lowest BCUT2D eigenvalue weighted by atomic mass is 10.0. The Hall–Kier alpha value is -1.41. The summed E-state index contributed by atoms with van der Waals surface area (Å²) in [4.78, 5) is 0. The molecule has 0 unspecified atom stereocenters. The molecule has 2 rings (SSSR count). The van der Waals surface area contributed by atoms with Gasteiger partial charge in [-0.1, -0.05) is 31.3 Å². The van der Waals surface area contributed by atoms with Crippen molar-refractivity contribution in [3.8, 4) is 11.3 Å². The Kier molecular flexibility index (Phi) is 3.67. The molecule has 0 aliphatic heterocycles. The molecule has 1 aromatic heterocycles. The summed E-state index contributed by atoms with van der Waals surface area (Å²) >= 11 is 0. The van der Waals surface area contributed by atoms with Crippen molar-refractivity contribution >= 4 is 14.0 Å². The van der Waals surface area contributed by atoms with Gasteiger partial charge in [0.2, 0.25) is 5.69 Å². The maximum absolute atomic E-state index is 2.35. The second-order valence-corrected chi connectivity index (χ2v) is 7.72. The van der Waals surface area contributed by atoms with Crippen molar-refractivity contribution in [1.82, 2.24) is 0 Å². The zero-order chi connectivity index (χ0) is 13.3. The summed E-state index contributed by atoms with van der Waals surface area (Å²) in [7, 11) is 1.76. The lowest BCUT2D eigenvalue weighted by molar-refractivity contribution is -0.659. The Labute approximate surface area is 112 Å². The van der Waals surface area contributed by atoms with E-state index in [0.717, 1.165) is 0 Å². The van der Waals surface area contributed by atoms with Gasteiger partial charge in [-0.05, 0) is 31.0 Å². The van der Waals surface area contributed by atoms with Gasteiger partial charge in [-0.15, -0.1) is 0 Å². The van der Waals surface area contributed by atoms with Crippen LogP contribution >= 0.6 is 0 Å². The normalized spacial score (nSPS) is 11.0. The van der Waals surface area contributed by atoms with Crippen LogP contribution in [0.25, 0.3) is 11.3 Å². The molecule has 0 aliphatic rings. The lowest BCUT2D eigenvalue weighted by Crippen LogP contribution is -2.40. The number of pyridine rings is 1. The first kappa shape index (κ1) is 13.0. The molecule has 0 N–H and O–H groups in total.